The lowest BCUT2D eigenvalue weighted by atomic mass is 10.3. The van der Waals surface area contributed by atoms with Crippen molar-refractivity contribution in [2.75, 3.05) is 5.73 Å². The molecule has 0 aliphatic rings. The van der Waals surface area contributed by atoms with Crippen LogP contribution in [0.25, 0.3) is 11.5 Å². The van der Waals surface area contributed by atoms with Crippen molar-refractivity contribution < 1.29 is 4.42 Å². The fourth-order valence-corrected chi connectivity index (χ4v) is 1.63. The van der Waals surface area contributed by atoms with Crippen LogP contribution in [-0.4, -0.2) is 4.98 Å². The smallest absolute Gasteiger partial charge is 0.181 e. The number of furan rings is 1. The molecule has 2 aromatic heterocycles. The predicted molar refractivity (Wildman–Crippen MR) is 48.9 cm³/mol. The zero-order chi connectivity index (χ0) is 9.26. The van der Waals surface area contributed by atoms with Crippen LogP contribution in [0.3, 0.4) is 0 Å². The fraction of sp³-hybridized carbons (Fsp3) is 0. The number of nitriles is 1. The molecular formula is C8H5N3OS. The van der Waals surface area contributed by atoms with E-state index in [1.807, 2.05) is 6.07 Å². The molecule has 0 atom stereocenters. The largest absolute Gasteiger partial charge is 0.463 e. The minimum Gasteiger partial charge on any atom is -0.463 e. The number of nitrogens with zero attached hydrogens (tertiary/aromatic N) is 2. The third-order valence-corrected chi connectivity index (χ3v) is 2.29. The molecular weight excluding hydrogens is 186 g/mol. The number of thiazole rings is 1. The lowest BCUT2D eigenvalue weighted by molar-refractivity contribution is 0.580. The van der Waals surface area contributed by atoms with E-state index in [-0.39, 0.29) is 0 Å². The zero-order valence-electron chi connectivity index (χ0n) is 6.52. The van der Waals surface area contributed by atoms with Gasteiger partial charge in [0, 0.05) is 0 Å². The quantitative estimate of drug-likeness (QED) is 0.746. The van der Waals surface area contributed by atoms with Crippen molar-refractivity contribution in [2.24, 2.45) is 0 Å². The van der Waals surface area contributed by atoms with Gasteiger partial charge in [-0.05, 0) is 12.1 Å². The van der Waals surface area contributed by atoms with Gasteiger partial charge >= 0.3 is 0 Å². The van der Waals surface area contributed by atoms with E-state index in [1.165, 1.54) is 6.26 Å². The first kappa shape index (κ1) is 7.83. The van der Waals surface area contributed by atoms with E-state index < -0.39 is 0 Å². The van der Waals surface area contributed by atoms with Gasteiger partial charge in [0.05, 0.1) is 6.26 Å². The van der Waals surface area contributed by atoms with Crippen molar-refractivity contribution in [1.29, 1.82) is 5.26 Å². The molecule has 13 heavy (non-hydrogen) atoms. The Morgan fingerprint density at radius 2 is 2.46 bits per heavy atom. The van der Waals surface area contributed by atoms with Crippen molar-refractivity contribution in [3.8, 4) is 17.5 Å². The van der Waals surface area contributed by atoms with Crippen molar-refractivity contribution in [1.82, 2.24) is 4.98 Å². The molecule has 2 aromatic rings. The molecule has 0 radical (unpaired) electrons. The summed E-state index contributed by atoms with van der Waals surface area (Å²) < 4.78 is 5.11. The molecule has 0 saturated heterocycles. The number of hydrogen-bond acceptors (Lipinski definition) is 5. The van der Waals surface area contributed by atoms with Gasteiger partial charge in [-0.3, -0.25) is 0 Å². The molecule has 0 unspecified atom stereocenters. The van der Waals surface area contributed by atoms with Gasteiger partial charge in [-0.25, -0.2) is 4.98 Å². The van der Waals surface area contributed by atoms with Gasteiger partial charge in [0.25, 0.3) is 0 Å². The molecule has 5 heteroatoms. The highest BCUT2D eigenvalue weighted by Crippen LogP contribution is 2.28. The van der Waals surface area contributed by atoms with Crippen molar-refractivity contribution in [3.05, 3.63) is 23.3 Å². The molecule has 0 saturated carbocycles. The summed E-state index contributed by atoms with van der Waals surface area (Å²) in [6.07, 6.45) is 1.53. The maximum Gasteiger partial charge on any atom is 0.181 e. The van der Waals surface area contributed by atoms with Crippen LogP contribution in [0.5, 0.6) is 0 Å². The zero-order valence-corrected chi connectivity index (χ0v) is 7.34. The third kappa shape index (κ3) is 1.27. The summed E-state index contributed by atoms with van der Waals surface area (Å²) in [4.78, 5) is 4.48. The van der Waals surface area contributed by atoms with Gasteiger partial charge < -0.3 is 10.2 Å². The number of rotatable bonds is 1. The molecule has 0 spiro atoms. The van der Waals surface area contributed by atoms with E-state index >= 15 is 0 Å². The minimum absolute atomic E-state index is 0.378. The average molecular weight is 191 g/mol. The number of nitrogen functional groups attached to an aromatic ring is 1. The summed E-state index contributed by atoms with van der Waals surface area (Å²) in [7, 11) is 0. The van der Waals surface area contributed by atoms with E-state index in [1.54, 1.807) is 12.1 Å². The van der Waals surface area contributed by atoms with Gasteiger partial charge in [-0.1, -0.05) is 11.3 Å². The van der Waals surface area contributed by atoms with E-state index in [2.05, 4.69) is 4.98 Å². The molecule has 2 rings (SSSR count). The Hall–Kier alpha value is -1.80. The second kappa shape index (κ2) is 2.92. The first-order valence-electron chi connectivity index (χ1n) is 3.51. The molecule has 0 aliphatic carbocycles. The molecule has 0 amide bonds. The topological polar surface area (TPSA) is 75.8 Å². The molecule has 2 N–H and O–H groups in total. The Kier molecular flexibility index (Phi) is 1.76. The van der Waals surface area contributed by atoms with Crippen molar-refractivity contribution >= 4 is 16.5 Å². The molecule has 2 heterocycles. The lowest BCUT2D eigenvalue weighted by Crippen LogP contribution is -1.81. The summed E-state index contributed by atoms with van der Waals surface area (Å²) in [6, 6.07) is 5.51. The predicted octanol–water partition coefficient (Wildman–Crippen LogP) is 1.86. The highest BCUT2D eigenvalue weighted by Gasteiger charge is 2.12. The van der Waals surface area contributed by atoms with Gasteiger partial charge in [0.15, 0.2) is 10.9 Å². The summed E-state index contributed by atoms with van der Waals surface area (Å²) in [5.41, 5.74) is 6.00. The Labute approximate surface area is 78.2 Å². The molecule has 0 fully saturated rings. The number of nitrogens with two attached hydrogens (primary N) is 1. The van der Waals surface area contributed by atoms with Crippen molar-refractivity contribution in [3.63, 3.8) is 0 Å². The average Bonchev–Trinajstić information content (AvgIpc) is 2.71. The first-order chi connectivity index (χ1) is 6.31. The van der Waals surface area contributed by atoms with Crippen LogP contribution in [0.1, 0.15) is 4.88 Å². The highest BCUT2D eigenvalue weighted by molar-refractivity contribution is 7.16. The van der Waals surface area contributed by atoms with Crippen LogP contribution < -0.4 is 5.73 Å². The van der Waals surface area contributed by atoms with Gasteiger partial charge in [0.2, 0.25) is 0 Å². The van der Waals surface area contributed by atoms with Gasteiger partial charge in [-0.15, -0.1) is 0 Å². The summed E-state index contributed by atoms with van der Waals surface area (Å²) in [5, 5.41) is 9.13. The summed E-state index contributed by atoms with van der Waals surface area (Å²) in [6.45, 7) is 0. The molecule has 0 aliphatic heterocycles. The second-order valence-corrected chi connectivity index (χ2v) is 3.35. The van der Waals surface area contributed by atoms with Crippen LogP contribution in [0.15, 0.2) is 22.8 Å². The SMILES string of the molecule is N#Cc1sc(N)nc1-c1ccco1. The van der Waals surface area contributed by atoms with Crippen LogP contribution in [0.2, 0.25) is 0 Å². The van der Waals surface area contributed by atoms with Gasteiger partial charge in [0.1, 0.15) is 16.6 Å². The number of hydrogen-bond donors (Lipinski definition) is 1. The lowest BCUT2D eigenvalue weighted by Gasteiger charge is -1.87. The Morgan fingerprint density at radius 3 is 3.08 bits per heavy atom. The molecule has 4 nitrogen and oxygen atoms in total. The monoisotopic (exact) mass is 191 g/mol. The fourth-order valence-electron chi connectivity index (χ4n) is 0.993. The van der Waals surface area contributed by atoms with E-state index in [0.717, 1.165) is 11.3 Å². The molecule has 64 valence electrons. The maximum absolute atomic E-state index is 8.75. The van der Waals surface area contributed by atoms with E-state index in [4.69, 9.17) is 15.4 Å². The molecule has 0 bridgehead atoms. The standard InChI is InChI=1S/C8H5N3OS/c9-4-6-7(11-8(10)13-6)5-2-1-3-12-5/h1-3H,(H2,10,11). The Balaban J connectivity index is 2.59. The van der Waals surface area contributed by atoms with Crippen LogP contribution in [-0.2, 0) is 0 Å². The van der Waals surface area contributed by atoms with Crippen LogP contribution >= 0.6 is 11.3 Å². The van der Waals surface area contributed by atoms with Gasteiger partial charge in [-0.2, -0.15) is 5.26 Å². The van der Waals surface area contributed by atoms with Crippen LogP contribution in [0, 0.1) is 11.3 Å². The normalized spacial score (nSPS) is 9.77. The maximum atomic E-state index is 8.75. The molecule has 0 aromatic carbocycles. The summed E-state index contributed by atoms with van der Waals surface area (Å²) >= 11 is 1.16. The summed E-state index contributed by atoms with van der Waals surface area (Å²) in [5.74, 6) is 0.574. The second-order valence-electron chi connectivity index (χ2n) is 2.32. The Bertz CT molecular complexity index is 452. The Morgan fingerprint density at radius 1 is 1.62 bits per heavy atom. The van der Waals surface area contributed by atoms with E-state index in [0.29, 0.717) is 21.5 Å². The van der Waals surface area contributed by atoms with Crippen LogP contribution in [0.4, 0.5) is 5.13 Å². The minimum atomic E-state index is 0.378. The van der Waals surface area contributed by atoms with Crippen molar-refractivity contribution in [2.45, 2.75) is 0 Å². The number of aromatic nitrogens is 1. The third-order valence-electron chi connectivity index (χ3n) is 1.50. The number of anilines is 1. The highest BCUT2D eigenvalue weighted by atomic mass is 32.1. The first-order valence-corrected chi connectivity index (χ1v) is 4.33. The van der Waals surface area contributed by atoms with E-state index in [9.17, 15) is 0 Å².